The van der Waals surface area contributed by atoms with Crippen molar-refractivity contribution in [1.82, 2.24) is 5.32 Å². The number of fused-ring (bicyclic) bond motifs is 1. The summed E-state index contributed by atoms with van der Waals surface area (Å²) in [6.45, 7) is 2.91. The molecule has 3 rings (SSSR count). The Hall–Kier alpha value is -2.49. The molecule has 0 saturated heterocycles. The molecule has 0 spiro atoms. The van der Waals surface area contributed by atoms with Crippen molar-refractivity contribution in [3.05, 3.63) is 60.2 Å². The van der Waals surface area contributed by atoms with E-state index in [0.717, 1.165) is 11.3 Å². The first-order valence-electron chi connectivity index (χ1n) is 7.45. The summed E-state index contributed by atoms with van der Waals surface area (Å²) in [7, 11) is 0. The van der Waals surface area contributed by atoms with E-state index in [1.165, 1.54) is 0 Å². The van der Waals surface area contributed by atoms with Crippen LogP contribution < -0.4 is 14.8 Å². The third-order valence-electron chi connectivity index (χ3n) is 3.75. The minimum atomic E-state index is -0.528. The number of hydrogen-bond acceptors (Lipinski definition) is 3. The van der Waals surface area contributed by atoms with Gasteiger partial charge in [0, 0.05) is 18.0 Å². The summed E-state index contributed by atoms with van der Waals surface area (Å²) in [5.74, 6) is 1.69. The summed E-state index contributed by atoms with van der Waals surface area (Å²) in [6, 6.07) is 17.3. The molecule has 1 N–H and O–H groups in total. The molecule has 0 unspecified atom stereocenters. The number of ether oxygens (including phenoxy) is 2. The Bertz CT molecular complexity index is 642. The summed E-state index contributed by atoms with van der Waals surface area (Å²) in [4.78, 5) is 12.1. The van der Waals surface area contributed by atoms with Gasteiger partial charge >= 0.3 is 0 Å². The molecule has 0 radical (unpaired) electrons. The average molecular weight is 297 g/mol. The van der Waals surface area contributed by atoms with E-state index in [1.54, 1.807) is 6.92 Å². The molecular weight excluding hydrogens is 278 g/mol. The molecule has 2 aromatic rings. The van der Waals surface area contributed by atoms with Crippen molar-refractivity contribution in [1.29, 1.82) is 0 Å². The van der Waals surface area contributed by atoms with Crippen LogP contribution in [0.3, 0.4) is 0 Å². The first-order valence-corrected chi connectivity index (χ1v) is 7.45. The summed E-state index contributed by atoms with van der Waals surface area (Å²) in [5.41, 5.74) is 1.15. The molecule has 1 aliphatic rings. The van der Waals surface area contributed by atoms with Gasteiger partial charge in [0.1, 0.15) is 11.5 Å². The van der Waals surface area contributed by atoms with Gasteiger partial charge in [0.2, 0.25) is 0 Å². The lowest BCUT2D eigenvalue weighted by Crippen LogP contribution is -2.38. The molecule has 114 valence electrons. The first-order chi connectivity index (χ1) is 10.7. The highest BCUT2D eigenvalue weighted by Gasteiger charge is 2.25. The van der Waals surface area contributed by atoms with E-state index in [-0.39, 0.29) is 11.8 Å². The number of para-hydroxylation sites is 2. The second kappa shape index (κ2) is 6.52. The van der Waals surface area contributed by atoms with Gasteiger partial charge in [-0.3, -0.25) is 4.79 Å². The molecule has 0 bridgehead atoms. The molecule has 0 aliphatic carbocycles. The minimum Gasteiger partial charge on any atom is -0.493 e. The Morgan fingerprint density at radius 1 is 1.23 bits per heavy atom. The third-order valence-corrected chi connectivity index (χ3v) is 3.75. The van der Waals surface area contributed by atoms with Crippen LogP contribution in [0.4, 0.5) is 0 Å². The predicted octanol–water partition coefficient (Wildman–Crippen LogP) is 2.75. The first kappa shape index (κ1) is 14.4. The number of nitrogens with one attached hydrogen (secondary N) is 1. The van der Waals surface area contributed by atoms with Crippen molar-refractivity contribution >= 4 is 5.91 Å². The molecular formula is C18H19NO3. The Morgan fingerprint density at radius 3 is 2.77 bits per heavy atom. The van der Waals surface area contributed by atoms with Crippen LogP contribution in [-0.2, 0) is 4.79 Å². The minimum absolute atomic E-state index is 0.117. The zero-order valence-corrected chi connectivity index (χ0v) is 12.5. The van der Waals surface area contributed by atoms with Crippen molar-refractivity contribution in [2.24, 2.45) is 0 Å². The van der Waals surface area contributed by atoms with Crippen LogP contribution in [0.15, 0.2) is 54.6 Å². The summed E-state index contributed by atoms with van der Waals surface area (Å²) >= 11 is 0. The summed E-state index contributed by atoms with van der Waals surface area (Å²) < 4.78 is 11.2. The van der Waals surface area contributed by atoms with E-state index < -0.39 is 6.10 Å². The zero-order chi connectivity index (χ0) is 15.4. The lowest BCUT2D eigenvalue weighted by Gasteiger charge is -2.16. The van der Waals surface area contributed by atoms with Gasteiger partial charge in [0.05, 0.1) is 6.61 Å². The number of benzene rings is 2. The fourth-order valence-electron chi connectivity index (χ4n) is 2.52. The Morgan fingerprint density at radius 2 is 1.95 bits per heavy atom. The lowest BCUT2D eigenvalue weighted by molar-refractivity contribution is -0.127. The SMILES string of the molecule is C[C@@H](Oc1ccccc1)C(=O)NC[C@H]1COc2ccccc21. The van der Waals surface area contributed by atoms with Gasteiger partial charge in [0.25, 0.3) is 5.91 Å². The summed E-state index contributed by atoms with van der Waals surface area (Å²) in [5, 5.41) is 2.94. The van der Waals surface area contributed by atoms with Crippen molar-refractivity contribution in [3.8, 4) is 11.5 Å². The topological polar surface area (TPSA) is 47.6 Å². The van der Waals surface area contributed by atoms with E-state index >= 15 is 0 Å². The maximum Gasteiger partial charge on any atom is 0.260 e. The third kappa shape index (κ3) is 3.22. The highest BCUT2D eigenvalue weighted by molar-refractivity contribution is 5.80. The van der Waals surface area contributed by atoms with Crippen molar-refractivity contribution in [3.63, 3.8) is 0 Å². The van der Waals surface area contributed by atoms with Gasteiger partial charge in [-0.25, -0.2) is 0 Å². The van der Waals surface area contributed by atoms with Crippen molar-refractivity contribution in [2.45, 2.75) is 18.9 Å². The van der Waals surface area contributed by atoms with Crippen LogP contribution in [0.5, 0.6) is 11.5 Å². The smallest absolute Gasteiger partial charge is 0.260 e. The molecule has 0 saturated carbocycles. The van der Waals surface area contributed by atoms with Crippen LogP contribution in [0.2, 0.25) is 0 Å². The molecule has 2 aromatic carbocycles. The highest BCUT2D eigenvalue weighted by Crippen LogP contribution is 2.32. The molecule has 22 heavy (non-hydrogen) atoms. The van der Waals surface area contributed by atoms with Gasteiger partial charge in [-0.2, -0.15) is 0 Å². The number of rotatable bonds is 5. The van der Waals surface area contributed by atoms with Crippen LogP contribution in [0.1, 0.15) is 18.4 Å². The lowest BCUT2D eigenvalue weighted by atomic mass is 10.0. The van der Waals surface area contributed by atoms with Gasteiger partial charge in [-0.1, -0.05) is 36.4 Å². The Labute approximate surface area is 130 Å². The molecule has 4 heteroatoms. The van der Waals surface area contributed by atoms with Crippen molar-refractivity contribution in [2.75, 3.05) is 13.2 Å². The fraction of sp³-hybridized carbons (Fsp3) is 0.278. The number of carbonyl (C=O) groups is 1. The Kier molecular flexibility index (Phi) is 4.28. The quantitative estimate of drug-likeness (QED) is 0.923. The van der Waals surface area contributed by atoms with Gasteiger partial charge in [-0.05, 0) is 25.1 Å². The Balaban J connectivity index is 1.52. The second-order valence-corrected chi connectivity index (χ2v) is 5.36. The molecule has 0 fully saturated rings. The van der Waals surface area contributed by atoms with E-state index in [2.05, 4.69) is 5.32 Å². The highest BCUT2D eigenvalue weighted by atomic mass is 16.5. The maximum absolute atomic E-state index is 12.1. The van der Waals surface area contributed by atoms with E-state index in [4.69, 9.17) is 9.47 Å². The normalized spacial score (nSPS) is 17.2. The van der Waals surface area contributed by atoms with Gasteiger partial charge in [0.15, 0.2) is 6.10 Å². The molecule has 2 atom stereocenters. The van der Waals surface area contributed by atoms with Gasteiger partial charge < -0.3 is 14.8 Å². The number of hydrogen-bond donors (Lipinski definition) is 1. The standard InChI is InChI=1S/C18H19NO3/c1-13(22-15-7-3-2-4-8-15)18(20)19-11-14-12-21-17-10-6-5-9-16(14)17/h2-10,13-14H,11-12H2,1H3,(H,19,20)/t13-,14+/m1/s1. The molecule has 4 nitrogen and oxygen atoms in total. The van der Waals surface area contributed by atoms with Gasteiger partial charge in [-0.15, -0.1) is 0 Å². The maximum atomic E-state index is 12.1. The van der Waals surface area contributed by atoms with E-state index in [0.29, 0.717) is 18.9 Å². The molecule has 1 heterocycles. The second-order valence-electron chi connectivity index (χ2n) is 5.36. The largest absolute Gasteiger partial charge is 0.493 e. The summed E-state index contributed by atoms with van der Waals surface area (Å²) in [6.07, 6.45) is -0.528. The van der Waals surface area contributed by atoms with Crippen LogP contribution in [0, 0.1) is 0 Å². The number of carbonyl (C=O) groups excluding carboxylic acids is 1. The zero-order valence-electron chi connectivity index (χ0n) is 12.5. The van der Waals surface area contributed by atoms with Crippen LogP contribution in [-0.4, -0.2) is 25.2 Å². The monoisotopic (exact) mass is 297 g/mol. The van der Waals surface area contributed by atoms with E-state index in [9.17, 15) is 4.79 Å². The van der Waals surface area contributed by atoms with Crippen LogP contribution in [0.25, 0.3) is 0 Å². The van der Waals surface area contributed by atoms with Crippen LogP contribution >= 0.6 is 0 Å². The predicted molar refractivity (Wildman–Crippen MR) is 84.2 cm³/mol. The average Bonchev–Trinajstić information content (AvgIpc) is 2.97. The molecule has 0 aromatic heterocycles. The molecule has 1 amide bonds. The van der Waals surface area contributed by atoms with Crippen molar-refractivity contribution < 1.29 is 14.3 Å². The fourth-order valence-corrected chi connectivity index (χ4v) is 2.52. The number of amides is 1. The van der Waals surface area contributed by atoms with E-state index in [1.807, 2.05) is 54.6 Å². The molecule has 1 aliphatic heterocycles.